The van der Waals surface area contributed by atoms with Crippen LogP contribution in [0, 0.1) is 0 Å². The third kappa shape index (κ3) is 2.25. The Morgan fingerprint density at radius 3 is 2.94 bits per heavy atom. The average Bonchev–Trinajstić information content (AvgIpc) is 2.98. The fourth-order valence-corrected chi connectivity index (χ4v) is 2.08. The standard InChI is InChI=1S/C11H11Cl2NO2/c1-2-16-11(15)10-6-14(10)9-4-3-7(12)5-8(9)13/h3-5,10H,2,6H2,1H3. The molecule has 5 heteroatoms. The second-order valence-corrected chi connectivity index (χ2v) is 4.36. The molecule has 0 saturated carbocycles. The van der Waals surface area contributed by atoms with E-state index in [4.69, 9.17) is 27.9 Å². The highest BCUT2D eigenvalue weighted by Gasteiger charge is 2.42. The van der Waals surface area contributed by atoms with Crippen molar-refractivity contribution >= 4 is 34.9 Å². The van der Waals surface area contributed by atoms with E-state index in [0.717, 1.165) is 5.69 Å². The summed E-state index contributed by atoms with van der Waals surface area (Å²) in [6.07, 6.45) is 0. The molecule has 16 heavy (non-hydrogen) atoms. The number of esters is 1. The van der Waals surface area contributed by atoms with E-state index in [0.29, 0.717) is 23.2 Å². The normalized spacial score (nSPS) is 18.4. The second-order valence-electron chi connectivity index (χ2n) is 3.52. The number of hydrogen-bond acceptors (Lipinski definition) is 3. The van der Waals surface area contributed by atoms with E-state index < -0.39 is 0 Å². The van der Waals surface area contributed by atoms with Crippen LogP contribution in [-0.2, 0) is 9.53 Å². The van der Waals surface area contributed by atoms with Gasteiger partial charge in [-0.05, 0) is 25.1 Å². The monoisotopic (exact) mass is 259 g/mol. The zero-order chi connectivity index (χ0) is 11.7. The summed E-state index contributed by atoms with van der Waals surface area (Å²) in [6.45, 7) is 2.84. The first-order chi connectivity index (χ1) is 7.63. The number of ether oxygens (including phenoxy) is 1. The molecule has 0 spiro atoms. The largest absolute Gasteiger partial charge is 0.464 e. The molecule has 2 rings (SSSR count). The van der Waals surface area contributed by atoms with Crippen LogP contribution in [0.25, 0.3) is 0 Å². The number of anilines is 1. The quantitative estimate of drug-likeness (QED) is 0.618. The lowest BCUT2D eigenvalue weighted by atomic mass is 10.3. The topological polar surface area (TPSA) is 29.3 Å². The van der Waals surface area contributed by atoms with Gasteiger partial charge in [0.1, 0.15) is 6.04 Å². The van der Waals surface area contributed by atoms with Crippen molar-refractivity contribution in [3.8, 4) is 0 Å². The lowest BCUT2D eigenvalue weighted by Gasteiger charge is -2.07. The predicted molar refractivity (Wildman–Crippen MR) is 64.2 cm³/mol. The van der Waals surface area contributed by atoms with Gasteiger partial charge >= 0.3 is 5.97 Å². The van der Waals surface area contributed by atoms with Crippen LogP contribution in [0.5, 0.6) is 0 Å². The fraction of sp³-hybridized carbons (Fsp3) is 0.364. The van der Waals surface area contributed by atoms with Crippen LogP contribution in [0.3, 0.4) is 0 Å². The minimum absolute atomic E-state index is 0.196. The van der Waals surface area contributed by atoms with Gasteiger partial charge in [-0.25, -0.2) is 4.79 Å². The van der Waals surface area contributed by atoms with E-state index in [2.05, 4.69) is 0 Å². The Bertz CT molecular complexity index is 422. The van der Waals surface area contributed by atoms with Crippen molar-refractivity contribution in [3.63, 3.8) is 0 Å². The first-order valence-electron chi connectivity index (χ1n) is 5.01. The van der Waals surface area contributed by atoms with Crippen LogP contribution in [0.15, 0.2) is 18.2 Å². The number of rotatable bonds is 3. The van der Waals surface area contributed by atoms with Gasteiger partial charge in [0.2, 0.25) is 0 Å². The van der Waals surface area contributed by atoms with Gasteiger partial charge in [-0.1, -0.05) is 23.2 Å². The molecule has 0 aliphatic carbocycles. The number of nitrogens with zero attached hydrogens (tertiary/aromatic N) is 1. The van der Waals surface area contributed by atoms with Gasteiger partial charge in [0, 0.05) is 5.02 Å². The summed E-state index contributed by atoms with van der Waals surface area (Å²) in [5, 5.41) is 1.14. The number of carbonyl (C=O) groups excluding carboxylic acids is 1. The molecule has 1 unspecified atom stereocenters. The van der Waals surface area contributed by atoms with Crippen molar-refractivity contribution in [2.75, 3.05) is 18.1 Å². The average molecular weight is 260 g/mol. The third-order valence-electron chi connectivity index (χ3n) is 2.39. The number of benzene rings is 1. The van der Waals surface area contributed by atoms with Crippen molar-refractivity contribution in [2.45, 2.75) is 13.0 Å². The Labute approximate surface area is 104 Å². The highest BCUT2D eigenvalue weighted by Crippen LogP contribution is 2.36. The maximum atomic E-state index is 11.4. The van der Waals surface area contributed by atoms with Gasteiger partial charge in [0.05, 0.1) is 23.9 Å². The minimum Gasteiger partial charge on any atom is -0.464 e. The SMILES string of the molecule is CCOC(=O)C1CN1c1ccc(Cl)cc1Cl. The predicted octanol–water partition coefficient (Wildman–Crippen LogP) is 2.75. The van der Waals surface area contributed by atoms with Crippen LogP contribution < -0.4 is 4.90 Å². The highest BCUT2D eigenvalue weighted by molar-refractivity contribution is 6.36. The summed E-state index contributed by atoms with van der Waals surface area (Å²) in [7, 11) is 0. The van der Waals surface area contributed by atoms with Gasteiger partial charge < -0.3 is 9.64 Å². The van der Waals surface area contributed by atoms with Crippen LogP contribution in [-0.4, -0.2) is 25.2 Å². The van der Waals surface area contributed by atoms with E-state index in [1.807, 2.05) is 11.0 Å². The van der Waals surface area contributed by atoms with E-state index in [1.165, 1.54) is 0 Å². The number of hydrogen-bond donors (Lipinski definition) is 0. The Morgan fingerprint density at radius 2 is 2.31 bits per heavy atom. The molecule has 1 aliphatic rings. The van der Waals surface area contributed by atoms with Crippen molar-refractivity contribution in [1.29, 1.82) is 0 Å². The fourth-order valence-electron chi connectivity index (χ4n) is 1.56. The highest BCUT2D eigenvalue weighted by atomic mass is 35.5. The van der Waals surface area contributed by atoms with Crippen LogP contribution in [0.2, 0.25) is 10.0 Å². The van der Waals surface area contributed by atoms with Gasteiger partial charge in [0.15, 0.2) is 0 Å². The summed E-state index contributed by atoms with van der Waals surface area (Å²) in [5.41, 5.74) is 0.823. The molecular formula is C11H11Cl2NO2. The molecule has 1 atom stereocenters. The molecule has 0 aromatic heterocycles. The Morgan fingerprint density at radius 1 is 1.56 bits per heavy atom. The summed E-state index contributed by atoms with van der Waals surface area (Å²) in [4.78, 5) is 13.3. The molecule has 1 saturated heterocycles. The van der Waals surface area contributed by atoms with Crippen LogP contribution in [0.4, 0.5) is 5.69 Å². The molecule has 1 aromatic rings. The molecule has 0 bridgehead atoms. The lowest BCUT2D eigenvalue weighted by molar-refractivity contribution is -0.142. The Hall–Kier alpha value is -0.930. The van der Waals surface area contributed by atoms with E-state index in [9.17, 15) is 4.79 Å². The minimum atomic E-state index is -0.200. The molecule has 1 aliphatic heterocycles. The van der Waals surface area contributed by atoms with E-state index >= 15 is 0 Å². The molecule has 0 N–H and O–H groups in total. The van der Waals surface area contributed by atoms with Crippen LogP contribution in [0.1, 0.15) is 6.92 Å². The maximum absolute atomic E-state index is 11.4. The van der Waals surface area contributed by atoms with Crippen molar-refractivity contribution in [1.82, 2.24) is 0 Å². The van der Waals surface area contributed by atoms with Crippen molar-refractivity contribution < 1.29 is 9.53 Å². The van der Waals surface area contributed by atoms with Gasteiger partial charge in [-0.2, -0.15) is 0 Å². The zero-order valence-corrected chi connectivity index (χ0v) is 10.3. The number of halogens is 2. The second kappa shape index (κ2) is 4.52. The first-order valence-corrected chi connectivity index (χ1v) is 5.77. The number of carbonyl (C=O) groups is 1. The lowest BCUT2D eigenvalue weighted by Crippen LogP contribution is -2.15. The molecular weight excluding hydrogens is 249 g/mol. The van der Waals surface area contributed by atoms with Gasteiger partial charge in [-0.3, -0.25) is 0 Å². The molecule has 0 radical (unpaired) electrons. The molecule has 1 heterocycles. The smallest absolute Gasteiger partial charge is 0.330 e. The molecule has 1 aromatic carbocycles. The van der Waals surface area contributed by atoms with E-state index in [-0.39, 0.29) is 12.0 Å². The van der Waals surface area contributed by atoms with Gasteiger partial charge in [-0.15, -0.1) is 0 Å². The summed E-state index contributed by atoms with van der Waals surface area (Å²) < 4.78 is 4.93. The first kappa shape index (κ1) is 11.6. The molecule has 1 fully saturated rings. The van der Waals surface area contributed by atoms with Gasteiger partial charge in [0.25, 0.3) is 0 Å². The zero-order valence-electron chi connectivity index (χ0n) is 8.74. The van der Waals surface area contributed by atoms with Crippen molar-refractivity contribution in [2.24, 2.45) is 0 Å². The summed E-state index contributed by atoms with van der Waals surface area (Å²) in [6, 6.07) is 5.03. The summed E-state index contributed by atoms with van der Waals surface area (Å²) in [5.74, 6) is -0.200. The van der Waals surface area contributed by atoms with Crippen molar-refractivity contribution in [3.05, 3.63) is 28.2 Å². The Balaban J connectivity index is 2.08. The third-order valence-corrected chi connectivity index (χ3v) is 2.93. The molecule has 3 nitrogen and oxygen atoms in total. The Kier molecular flexibility index (Phi) is 3.26. The molecule has 0 amide bonds. The molecule has 86 valence electrons. The maximum Gasteiger partial charge on any atom is 0.330 e. The van der Waals surface area contributed by atoms with Crippen LogP contribution >= 0.6 is 23.2 Å². The van der Waals surface area contributed by atoms with E-state index in [1.54, 1.807) is 19.1 Å². The summed E-state index contributed by atoms with van der Waals surface area (Å²) >= 11 is 11.8.